The van der Waals surface area contributed by atoms with E-state index in [1.807, 2.05) is 0 Å². The van der Waals surface area contributed by atoms with E-state index in [0.29, 0.717) is 5.92 Å². The standard InChI is InChI=1S/C14H25NO2/c1-10-6-7-12(9-11(10)2)17-14(16)13-5-3-4-8-15-13/h10-13,15H,3-9H2,1-2H3/t10?,11?,12?,13-/m0/s1. The second kappa shape index (κ2) is 5.85. The van der Waals surface area contributed by atoms with Crippen LogP contribution in [-0.4, -0.2) is 24.7 Å². The summed E-state index contributed by atoms with van der Waals surface area (Å²) in [6, 6.07) is -0.0431. The van der Waals surface area contributed by atoms with Crippen LogP contribution in [0.25, 0.3) is 0 Å². The average molecular weight is 239 g/mol. The highest BCUT2D eigenvalue weighted by Gasteiger charge is 2.29. The molecule has 1 heterocycles. The molecular weight excluding hydrogens is 214 g/mol. The highest BCUT2D eigenvalue weighted by molar-refractivity contribution is 5.76. The molecule has 1 aliphatic carbocycles. The molecule has 1 N–H and O–H groups in total. The van der Waals surface area contributed by atoms with Crippen molar-refractivity contribution < 1.29 is 9.53 Å². The summed E-state index contributed by atoms with van der Waals surface area (Å²) in [6.07, 6.45) is 6.71. The van der Waals surface area contributed by atoms with Gasteiger partial charge in [-0.15, -0.1) is 0 Å². The minimum absolute atomic E-state index is 0.0172. The Morgan fingerprint density at radius 2 is 1.94 bits per heavy atom. The summed E-state index contributed by atoms with van der Waals surface area (Å²) < 4.78 is 5.65. The molecule has 1 aliphatic heterocycles. The minimum Gasteiger partial charge on any atom is -0.461 e. The topological polar surface area (TPSA) is 38.3 Å². The quantitative estimate of drug-likeness (QED) is 0.752. The van der Waals surface area contributed by atoms with Crippen molar-refractivity contribution in [1.82, 2.24) is 5.32 Å². The molecule has 1 saturated heterocycles. The molecule has 0 aromatic rings. The van der Waals surface area contributed by atoms with Gasteiger partial charge in [-0.3, -0.25) is 4.79 Å². The van der Waals surface area contributed by atoms with Crippen molar-refractivity contribution in [1.29, 1.82) is 0 Å². The largest absolute Gasteiger partial charge is 0.461 e. The fourth-order valence-electron chi connectivity index (χ4n) is 2.90. The van der Waals surface area contributed by atoms with Crippen LogP contribution in [0.3, 0.4) is 0 Å². The van der Waals surface area contributed by atoms with Crippen LogP contribution in [0.5, 0.6) is 0 Å². The van der Waals surface area contributed by atoms with Crippen molar-refractivity contribution in [2.45, 2.75) is 64.5 Å². The number of hydrogen-bond acceptors (Lipinski definition) is 3. The van der Waals surface area contributed by atoms with E-state index in [4.69, 9.17) is 4.74 Å². The molecule has 0 spiro atoms. The Balaban J connectivity index is 1.78. The Bertz CT molecular complexity index is 261. The second-order valence-corrected chi connectivity index (χ2v) is 5.83. The van der Waals surface area contributed by atoms with Gasteiger partial charge in [0.15, 0.2) is 0 Å². The molecule has 4 atom stereocenters. The van der Waals surface area contributed by atoms with Crippen LogP contribution in [0.15, 0.2) is 0 Å². The lowest BCUT2D eigenvalue weighted by atomic mass is 9.80. The summed E-state index contributed by atoms with van der Waals surface area (Å²) in [7, 11) is 0. The Kier molecular flexibility index (Phi) is 4.43. The molecule has 0 bridgehead atoms. The first-order valence-corrected chi connectivity index (χ1v) is 7.10. The fourth-order valence-corrected chi connectivity index (χ4v) is 2.90. The fraction of sp³-hybridized carbons (Fsp3) is 0.929. The number of hydrogen-bond donors (Lipinski definition) is 1. The van der Waals surface area contributed by atoms with Crippen LogP contribution in [-0.2, 0) is 9.53 Å². The maximum Gasteiger partial charge on any atom is 0.323 e. The number of carbonyl (C=O) groups is 1. The predicted octanol–water partition coefficient (Wildman–Crippen LogP) is 2.50. The van der Waals surface area contributed by atoms with E-state index in [-0.39, 0.29) is 18.1 Å². The van der Waals surface area contributed by atoms with E-state index in [9.17, 15) is 4.79 Å². The van der Waals surface area contributed by atoms with Gasteiger partial charge in [-0.25, -0.2) is 0 Å². The van der Waals surface area contributed by atoms with E-state index in [0.717, 1.165) is 38.1 Å². The highest BCUT2D eigenvalue weighted by atomic mass is 16.5. The lowest BCUT2D eigenvalue weighted by Gasteiger charge is -2.33. The van der Waals surface area contributed by atoms with Crippen LogP contribution in [0.4, 0.5) is 0 Å². The van der Waals surface area contributed by atoms with Crippen molar-refractivity contribution in [3.8, 4) is 0 Å². The summed E-state index contributed by atoms with van der Waals surface area (Å²) in [5.74, 6) is 1.44. The molecule has 2 rings (SSSR count). The monoisotopic (exact) mass is 239 g/mol. The maximum absolute atomic E-state index is 12.0. The van der Waals surface area contributed by atoms with Crippen molar-refractivity contribution in [3.05, 3.63) is 0 Å². The van der Waals surface area contributed by atoms with Gasteiger partial charge in [0.1, 0.15) is 12.1 Å². The van der Waals surface area contributed by atoms with E-state index in [1.54, 1.807) is 0 Å². The van der Waals surface area contributed by atoms with E-state index >= 15 is 0 Å². The molecule has 0 aromatic carbocycles. The molecule has 1 saturated carbocycles. The average Bonchev–Trinajstić information content (AvgIpc) is 2.35. The summed E-state index contributed by atoms with van der Waals surface area (Å²) in [5, 5.41) is 3.25. The normalized spacial score (nSPS) is 38.7. The van der Waals surface area contributed by atoms with Gasteiger partial charge in [0.05, 0.1) is 0 Å². The van der Waals surface area contributed by atoms with Gasteiger partial charge in [-0.05, 0) is 50.5 Å². The third-order valence-corrected chi connectivity index (χ3v) is 4.43. The maximum atomic E-state index is 12.0. The Labute approximate surface area is 104 Å². The summed E-state index contributed by atoms with van der Waals surface area (Å²) in [5.41, 5.74) is 0. The van der Waals surface area contributed by atoms with Gasteiger partial charge in [-0.1, -0.05) is 20.3 Å². The minimum atomic E-state index is -0.0431. The number of nitrogens with one attached hydrogen (secondary N) is 1. The molecule has 0 aromatic heterocycles. The number of piperidine rings is 1. The Morgan fingerprint density at radius 3 is 2.59 bits per heavy atom. The third-order valence-electron chi connectivity index (χ3n) is 4.43. The van der Waals surface area contributed by atoms with Crippen molar-refractivity contribution >= 4 is 5.97 Å². The van der Waals surface area contributed by atoms with Gasteiger partial charge >= 0.3 is 5.97 Å². The van der Waals surface area contributed by atoms with Crippen LogP contribution >= 0.6 is 0 Å². The lowest BCUT2D eigenvalue weighted by molar-refractivity contribution is -0.155. The van der Waals surface area contributed by atoms with Crippen LogP contribution in [0, 0.1) is 11.8 Å². The molecule has 98 valence electrons. The second-order valence-electron chi connectivity index (χ2n) is 5.83. The van der Waals surface area contributed by atoms with E-state index < -0.39 is 0 Å². The SMILES string of the molecule is CC1CCC(OC(=O)[C@@H]2CCCCN2)CC1C. The zero-order chi connectivity index (χ0) is 12.3. The summed E-state index contributed by atoms with van der Waals surface area (Å²) in [4.78, 5) is 12.0. The zero-order valence-corrected chi connectivity index (χ0v) is 11.1. The molecule has 3 nitrogen and oxygen atoms in total. The smallest absolute Gasteiger partial charge is 0.323 e. The van der Waals surface area contributed by atoms with Crippen molar-refractivity contribution in [2.24, 2.45) is 11.8 Å². The van der Waals surface area contributed by atoms with Gasteiger partial charge in [0.25, 0.3) is 0 Å². The molecular formula is C14H25NO2. The van der Waals surface area contributed by atoms with Crippen LogP contribution in [0.2, 0.25) is 0 Å². The van der Waals surface area contributed by atoms with E-state index in [1.165, 1.54) is 12.8 Å². The molecule has 0 amide bonds. The Hall–Kier alpha value is -0.570. The molecule has 2 aliphatic rings. The lowest BCUT2D eigenvalue weighted by Crippen LogP contribution is -2.43. The Morgan fingerprint density at radius 1 is 1.12 bits per heavy atom. The number of ether oxygens (including phenoxy) is 1. The van der Waals surface area contributed by atoms with Crippen LogP contribution in [0.1, 0.15) is 52.4 Å². The zero-order valence-electron chi connectivity index (χ0n) is 11.1. The molecule has 0 radical (unpaired) electrons. The molecule has 17 heavy (non-hydrogen) atoms. The molecule has 2 fully saturated rings. The summed E-state index contributed by atoms with van der Waals surface area (Å²) >= 11 is 0. The van der Waals surface area contributed by atoms with E-state index in [2.05, 4.69) is 19.2 Å². The molecule has 3 heteroatoms. The third kappa shape index (κ3) is 3.44. The summed E-state index contributed by atoms with van der Waals surface area (Å²) in [6.45, 7) is 5.52. The number of rotatable bonds is 2. The van der Waals surface area contributed by atoms with Crippen molar-refractivity contribution in [2.75, 3.05) is 6.54 Å². The molecule has 3 unspecified atom stereocenters. The van der Waals surface area contributed by atoms with Crippen molar-refractivity contribution in [3.63, 3.8) is 0 Å². The number of esters is 1. The van der Waals surface area contributed by atoms with Gasteiger partial charge < -0.3 is 10.1 Å². The first-order chi connectivity index (χ1) is 8.16. The first-order valence-electron chi connectivity index (χ1n) is 7.10. The van der Waals surface area contributed by atoms with Gasteiger partial charge in [0.2, 0.25) is 0 Å². The number of carbonyl (C=O) groups excluding carboxylic acids is 1. The predicted molar refractivity (Wildman–Crippen MR) is 67.7 cm³/mol. The van der Waals surface area contributed by atoms with Gasteiger partial charge in [-0.2, -0.15) is 0 Å². The highest BCUT2D eigenvalue weighted by Crippen LogP contribution is 2.31. The first kappa shape index (κ1) is 12.9. The van der Waals surface area contributed by atoms with Crippen LogP contribution < -0.4 is 5.32 Å². The van der Waals surface area contributed by atoms with Gasteiger partial charge in [0, 0.05) is 0 Å².